The number of ether oxygens (including phenoxy) is 1. The summed E-state index contributed by atoms with van der Waals surface area (Å²) >= 11 is 0. The maximum absolute atomic E-state index is 12.9. The summed E-state index contributed by atoms with van der Waals surface area (Å²) in [5.41, 5.74) is 2.13. The topological polar surface area (TPSA) is 100 Å². The van der Waals surface area contributed by atoms with Crippen LogP contribution in [0, 0.1) is 5.92 Å². The molecule has 2 aliphatic rings. The number of carbonyl (C=O) groups excluding carboxylic acids is 2. The van der Waals surface area contributed by atoms with E-state index in [-0.39, 0.29) is 23.5 Å². The fourth-order valence-corrected chi connectivity index (χ4v) is 3.95. The highest BCUT2D eigenvalue weighted by Gasteiger charge is 2.29. The number of rotatable bonds is 6. The minimum Gasteiger partial charge on any atom is -0.426 e. The summed E-state index contributed by atoms with van der Waals surface area (Å²) < 4.78 is 11.2. The van der Waals surface area contributed by atoms with Crippen LogP contribution in [-0.4, -0.2) is 40.0 Å². The molecule has 8 nitrogen and oxygen atoms in total. The molecule has 160 valence electrons. The molecule has 1 aromatic carbocycles. The molecule has 5 rings (SSSR count). The lowest BCUT2D eigenvalue weighted by Crippen LogP contribution is -2.37. The van der Waals surface area contributed by atoms with Gasteiger partial charge >= 0.3 is 0 Å². The van der Waals surface area contributed by atoms with Crippen LogP contribution in [-0.2, 0) is 13.0 Å². The molecule has 1 saturated carbocycles. The van der Waals surface area contributed by atoms with E-state index in [9.17, 15) is 9.59 Å². The van der Waals surface area contributed by atoms with Crippen molar-refractivity contribution >= 4 is 11.8 Å². The SMILES string of the molecule is O=C(NCC1CCC1)c1n[nH]c2c1CCN(C(=O)c1ccc(Oc3ccccc3)o1)C2. The van der Waals surface area contributed by atoms with Gasteiger partial charge in [-0.1, -0.05) is 24.6 Å². The van der Waals surface area contributed by atoms with Crippen LogP contribution < -0.4 is 10.1 Å². The van der Waals surface area contributed by atoms with Crippen LogP contribution in [0.2, 0.25) is 0 Å². The third-order valence-electron chi connectivity index (χ3n) is 5.97. The fraction of sp³-hybridized carbons (Fsp3) is 0.348. The number of benzene rings is 1. The number of aromatic amines is 1. The van der Waals surface area contributed by atoms with Crippen molar-refractivity contribution in [2.75, 3.05) is 13.1 Å². The van der Waals surface area contributed by atoms with Crippen LogP contribution in [0.5, 0.6) is 11.7 Å². The zero-order chi connectivity index (χ0) is 21.2. The lowest BCUT2D eigenvalue weighted by atomic mass is 9.85. The van der Waals surface area contributed by atoms with E-state index in [0.717, 1.165) is 11.3 Å². The largest absolute Gasteiger partial charge is 0.426 e. The monoisotopic (exact) mass is 420 g/mol. The molecule has 2 aromatic heterocycles. The first-order valence-corrected chi connectivity index (χ1v) is 10.6. The van der Waals surface area contributed by atoms with Gasteiger partial charge in [0.25, 0.3) is 17.8 Å². The van der Waals surface area contributed by atoms with E-state index in [1.54, 1.807) is 17.0 Å². The summed E-state index contributed by atoms with van der Waals surface area (Å²) in [5.74, 6) is 1.35. The number of furan rings is 1. The smallest absolute Gasteiger partial charge is 0.290 e. The van der Waals surface area contributed by atoms with Crippen molar-refractivity contribution in [2.45, 2.75) is 32.2 Å². The molecule has 0 radical (unpaired) electrons. The van der Waals surface area contributed by atoms with Gasteiger partial charge in [-0.25, -0.2) is 0 Å². The first-order valence-electron chi connectivity index (χ1n) is 10.6. The van der Waals surface area contributed by atoms with Crippen LogP contribution in [0.3, 0.4) is 0 Å². The van der Waals surface area contributed by atoms with Crippen molar-refractivity contribution in [3.8, 4) is 11.7 Å². The van der Waals surface area contributed by atoms with Crippen molar-refractivity contribution in [3.63, 3.8) is 0 Å². The molecule has 0 spiro atoms. The number of hydrogen-bond donors (Lipinski definition) is 2. The van der Waals surface area contributed by atoms with Gasteiger partial charge in [0.2, 0.25) is 0 Å². The molecule has 0 saturated heterocycles. The molecular weight excluding hydrogens is 396 g/mol. The van der Waals surface area contributed by atoms with Gasteiger partial charge in [0.1, 0.15) is 5.75 Å². The fourth-order valence-electron chi connectivity index (χ4n) is 3.95. The summed E-state index contributed by atoms with van der Waals surface area (Å²) in [4.78, 5) is 27.1. The Kier molecular flexibility index (Phi) is 5.19. The van der Waals surface area contributed by atoms with Crippen LogP contribution in [0.25, 0.3) is 0 Å². The highest BCUT2D eigenvalue weighted by atomic mass is 16.6. The minimum atomic E-state index is -0.223. The Balaban J connectivity index is 1.22. The summed E-state index contributed by atoms with van der Waals surface area (Å²) in [6.45, 7) is 1.55. The van der Waals surface area contributed by atoms with Crippen molar-refractivity contribution in [2.24, 2.45) is 5.92 Å². The minimum absolute atomic E-state index is 0.141. The predicted octanol–water partition coefficient (Wildman–Crippen LogP) is 3.52. The first kappa shape index (κ1) is 19.4. The summed E-state index contributed by atoms with van der Waals surface area (Å²) in [5, 5.41) is 10.1. The number of carbonyl (C=O) groups is 2. The molecule has 1 aliphatic heterocycles. The Morgan fingerprint density at radius 3 is 2.81 bits per heavy atom. The summed E-state index contributed by atoms with van der Waals surface area (Å²) in [6, 6.07) is 12.5. The molecule has 8 heteroatoms. The average molecular weight is 420 g/mol. The lowest BCUT2D eigenvalue weighted by molar-refractivity contribution is 0.0695. The molecule has 1 fully saturated rings. The maximum Gasteiger partial charge on any atom is 0.290 e. The highest BCUT2D eigenvalue weighted by Crippen LogP contribution is 2.27. The van der Waals surface area contributed by atoms with Gasteiger partial charge in [0.05, 0.1) is 12.2 Å². The van der Waals surface area contributed by atoms with E-state index in [2.05, 4.69) is 15.5 Å². The number of hydrogen-bond acceptors (Lipinski definition) is 5. The van der Waals surface area contributed by atoms with Crippen molar-refractivity contribution in [3.05, 3.63) is 65.2 Å². The molecule has 31 heavy (non-hydrogen) atoms. The zero-order valence-electron chi connectivity index (χ0n) is 17.1. The van der Waals surface area contributed by atoms with E-state index in [1.165, 1.54) is 19.3 Å². The van der Waals surface area contributed by atoms with Crippen LogP contribution in [0.15, 0.2) is 46.9 Å². The number of fused-ring (bicyclic) bond motifs is 1. The second-order valence-electron chi connectivity index (χ2n) is 8.05. The van der Waals surface area contributed by atoms with E-state index in [0.29, 0.717) is 43.4 Å². The Morgan fingerprint density at radius 2 is 2.03 bits per heavy atom. The van der Waals surface area contributed by atoms with Gasteiger partial charge in [0, 0.05) is 24.7 Å². The Morgan fingerprint density at radius 1 is 1.19 bits per heavy atom. The summed E-state index contributed by atoms with van der Waals surface area (Å²) in [7, 11) is 0. The van der Waals surface area contributed by atoms with Crippen molar-refractivity contribution in [1.29, 1.82) is 0 Å². The highest BCUT2D eigenvalue weighted by molar-refractivity contribution is 5.94. The molecule has 2 amide bonds. The number of nitrogens with one attached hydrogen (secondary N) is 2. The maximum atomic E-state index is 12.9. The van der Waals surface area contributed by atoms with E-state index in [4.69, 9.17) is 9.15 Å². The average Bonchev–Trinajstić information content (AvgIpc) is 3.39. The number of H-pyrrole nitrogens is 1. The first-order chi connectivity index (χ1) is 15.2. The molecule has 3 heterocycles. The van der Waals surface area contributed by atoms with Gasteiger partial charge in [-0.05, 0) is 43.4 Å². The second kappa shape index (κ2) is 8.29. The van der Waals surface area contributed by atoms with E-state index in [1.807, 2.05) is 30.3 Å². The molecule has 0 atom stereocenters. The summed E-state index contributed by atoms with van der Waals surface area (Å²) in [6.07, 6.45) is 4.18. The van der Waals surface area contributed by atoms with Gasteiger partial charge in [0.15, 0.2) is 11.5 Å². The third-order valence-corrected chi connectivity index (χ3v) is 5.97. The van der Waals surface area contributed by atoms with Gasteiger partial charge in [-0.3, -0.25) is 14.7 Å². The molecule has 0 unspecified atom stereocenters. The van der Waals surface area contributed by atoms with Gasteiger partial charge < -0.3 is 19.4 Å². The van der Waals surface area contributed by atoms with E-state index < -0.39 is 0 Å². The second-order valence-corrected chi connectivity index (χ2v) is 8.05. The molecule has 1 aliphatic carbocycles. The van der Waals surface area contributed by atoms with Crippen molar-refractivity contribution in [1.82, 2.24) is 20.4 Å². The number of amides is 2. The molecule has 3 aromatic rings. The molecule has 2 N–H and O–H groups in total. The number of aromatic nitrogens is 2. The third kappa shape index (κ3) is 4.05. The normalized spacial score (nSPS) is 15.8. The Labute approximate surface area is 179 Å². The zero-order valence-corrected chi connectivity index (χ0v) is 17.1. The van der Waals surface area contributed by atoms with Crippen LogP contribution in [0.1, 0.15) is 51.6 Å². The number of nitrogens with zero attached hydrogens (tertiary/aromatic N) is 2. The van der Waals surface area contributed by atoms with Gasteiger partial charge in [-0.15, -0.1) is 0 Å². The quantitative estimate of drug-likeness (QED) is 0.635. The lowest BCUT2D eigenvalue weighted by Gasteiger charge is -2.26. The number of para-hydroxylation sites is 1. The standard InChI is InChI=1S/C23H24N4O4/c28-22(24-13-15-5-4-6-15)21-17-11-12-27(14-18(17)25-26-21)23(29)19-9-10-20(31-19)30-16-7-2-1-3-8-16/h1-3,7-10,15H,4-6,11-14H2,(H,24,28)(H,25,26). The van der Waals surface area contributed by atoms with Crippen LogP contribution >= 0.6 is 0 Å². The predicted molar refractivity (Wildman–Crippen MR) is 112 cm³/mol. The van der Waals surface area contributed by atoms with E-state index >= 15 is 0 Å². The van der Waals surface area contributed by atoms with Gasteiger partial charge in [-0.2, -0.15) is 5.10 Å². The molecule has 0 bridgehead atoms. The molecular formula is C23H24N4O4. The Bertz CT molecular complexity index is 1080. The van der Waals surface area contributed by atoms with Crippen molar-refractivity contribution < 1.29 is 18.7 Å². The Hall–Kier alpha value is -3.55. The van der Waals surface area contributed by atoms with Crippen LogP contribution in [0.4, 0.5) is 0 Å².